The van der Waals surface area contributed by atoms with Crippen LogP contribution in [-0.4, -0.2) is 24.5 Å². The Labute approximate surface area is 133 Å². The molecular weight excluding hydrogens is 296 g/mol. The first-order valence-electron chi connectivity index (χ1n) is 6.96. The summed E-state index contributed by atoms with van der Waals surface area (Å²) in [6, 6.07) is 15.5. The SMILES string of the molecule is Cc1cccc2sc(OCC(=O)N(C)c3ccccc3)nc12. The minimum absolute atomic E-state index is 0.0235. The smallest absolute Gasteiger partial charge is 0.274 e. The van der Waals surface area contributed by atoms with E-state index in [2.05, 4.69) is 4.98 Å². The molecule has 1 heterocycles. The number of hydrogen-bond acceptors (Lipinski definition) is 4. The Morgan fingerprint density at radius 1 is 1.18 bits per heavy atom. The van der Waals surface area contributed by atoms with E-state index >= 15 is 0 Å². The topological polar surface area (TPSA) is 42.4 Å². The number of aryl methyl sites for hydroxylation is 1. The van der Waals surface area contributed by atoms with E-state index in [4.69, 9.17) is 4.74 Å². The summed E-state index contributed by atoms with van der Waals surface area (Å²) in [4.78, 5) is 18.2. The molecule has 0 saturated carbocycles. The molecule has 3 aromatic rings. The van der Waals surface area contributed by atoms with Crippen LogP contribution in [-0.2, 0) is 4.79 Å². The fraction of sp³-hybridized carbons (Fsp3) is 0.176. The summed E-state index contributed by atoms with van der Waals surface area (Å²) in [5, 5.41) is 0.527. The summed E-state index contributed by atoms with van der Waals surface area (Å²) in [5.74, 6) is -0.109. The molecule has 1 aromatic heterocycles. The number of rotatable bonds is 4. The molecule has 0 radical (unpaired) electrons. The second-order valence-corrected chi connectivity index (χ2v) is 5.97. The molecule has 2 aromatic carbocycles. The summed E-state index contributed by atoms with van der Waals surface area (Å²) < 4.78 is 6.63. The minimum Gasteiger partial charge on any atom is -0.460 e. The predicted molar refractivity (Wildman–Crippen MR) is 89.7 cm³/mol. The molecule has 5 heteroatoms. The number of para-hydroxylation sites is 2. The van der Waals surface area contributed by atoms with E-state index < -0.39 is 0 Å². The van der Waals surface area contributed by atoms with Crippen LogP contribution in [0.4, 0.5) is 5.69 Å². The van der Waals surface area contributed by atoms with E-state index in [1.54, 1.807) is 11.9 Å². The van der Waals surface area contributed by atoms with E-state index in [0.29, 0.717) is 5.19 Å². The van der Waals surface area contributed by atoms with Gasteiger partial charge >= 0.3 is 0 Å². The number of fused-ring (bicyclic) bond motifs is 1. The molecule has 0 bridgehead atoms. The van der Waals surface area contributed by atoms with Crippen molar-refractivity contribution in [2.75, 3.05) is 18.6 Å². The molecule has 4 nitrogen and oxygen atoms in total. The van der Waals surface area contributed by atoms with Crippen molar-refractivity contribution in [2.45, 2.75) is 6.92 Å². The van der Waals surface area contributed by atoms with E-state index in [1.807, 2.05) is 55.5 Å². The maximum atomic E-state index is 12.2. The van der Waals surface area contributed by atoms with Gasteiger partial charge in [0.15, 0.2) is 6.61 Å². The molecule has 0 N–H and O–H groups in total. The Morgan fingerprint density at radius 2 is 1.95 bits per heavy atom. The van der Waals surface area contributed by atoms with Crippen LogP contribution in [0, 0.1) is 6.92 Å². The quantitative estimate of drug-likeness (QED) is 0.738. The summed E-state index contributed by atoms with van der Waals surface area (Å²) in [7, 11) is 1.74. The molecule has 0 saturated heterocycles. The molecule has 0 aliphatic carbocycles. The average Bonchev–Trinajstić information content (AvgIpc) is 2.97. The van der Waals surface area contributed by atoms with Gasteiger partial charge in [-0.15, -0.1) is 0 Å². The summed E-state index contributed by atoms with van der Waals surface area (Å²) >= 11 is 1.46. The molecule has 1 amide bonds. The van der Waals surface area contributed by atoms with Crippen molar-refractivity contribution in [1.82, 2.24) is 4.98 Å². The van der Waals surface area contributed by atoms with Gasteiger partial charge in [0.25, 0.3) is 11.1 Å². The van der Waals surface area contributed by atoms with Crippen LogP contribution in [0.5, 0.6) is 5.19 Å². The van der Waals surface area contributed by atoms with Crippen molar-refractivity contribution in [2.24, 2.45) is 0 Å². The minimum atomic E-state index is -0.109. The highest BCUT2D eigenvalue weighted by atomic mass is 32.1. The zero-order valence-corrected chi connectivity index (χ0v) is 13.3. The Kier molecular flexibility index (Phi) is 4.06. The van der Waals surface area contributed by atoms with Gasteiger partial charge in [0.1, 0.15) is 0 Å². The van der Waals surface area contributed by atoms with Crippen molar-refractivity contribution in [3.8, 4) is 5.19 Å². The molecular formula is C17H16N2O2S. The number of amides is 1. The summed E-state index contributed by atoms with van der Waals surface area (Å²) in [6.45, 7) is 1.99. The molecule has 0 aliphatic rings. The van der Waals surface area contributed by atoms with Crippen LogP contribution < -0.4 is 9.64 Å². The first kappa shape index (κ1) is 14.5. The van der Waals surface area contributed by atoms with E-state index in [-0.39, 0.29) is 12.5 Å². The van der Waals surface area contributed by atoms with Gasteiger partial charge in [-0.3, -0.25) is 4.79 Å². The lowest BCUT2D eigenvalue weighted by molar-refractivity contribution is -0.120. The van der Waals surface area contributed by atoms with Crippen LogP contribution >= 0.6 is 11.3 Å². The van der Waals surface area contributed by atoms with Crippen molar-refractivity contribution < 1.29 is 9.53 Å². The standard InChI is InChI=1S/C17H16N2O2S/c1-12-7-6-10-14-16(12)18-17(22-14)21-11-15(20)19(2)13-8-4-3-5-9-13/h3-10H,11H2,1-2H3. The van der Waals surface area contributed by atoms with Gasteiger partial charge < -0.3 is 9.64 Å². The third-order valence-corrected chi connectivity index (χ3v) is 4.37. The fourth-order valence-corrected chi connectivity index (χ4v) is 3.04. The zero-order chi connectivity index (χ0) is 15.5. The first-order valence-corrected chi connectivity index (χ1v) is 7.77. The maximum absolute atomic E-state index is 12.2. The third-order valence-electron chi connectivity index (χ3n) is 3.44. The number of thiazole rings is 1. The second kappa shape index (κ2) is 6.15. The van der Waals surface area contributed by atoms with Gasteiger partial charge in [-0.25, -0.2) is 4.98 Å². The third kappa shape index (κ3) is 2.94. The highest BCUT2D eigenvalue weighted by Gasteiger charge is 2.13. The Hall–Kier alpha value is -2.40. The number of hydrogen-bond donors (Lipinski definition) is 0. The van der Waals surface area contributed by atoms with Crippen molar-refractivity contribution in [3.05, 3.63) is 54.1 Å². The zero-order valence-electron chi connectivity index (χ0n) is 12.4. The molecule has 112 valence electrons. The van der Waals surface area contributed by atoms with E-state index in [9.17, 15) is 4.79 Å². The number of aromatic nitrogens is 1. The number of benzene rings is 2. The molecule has 0 spiro atoms. The highest BCUT2D eigenvalue weighted by Crippen LogP contribution is 2.29. The van der Waals surface area contributed by atoms with Crippen LogP contribution in [0.15, 0.2) is 48.5 Å². The van der Waals surface area contributed by atoms with Crippen LogP contribution in [0.25, 0.3) is 10.2 Å². The number of likely N-dealkylation sites (N-methyl/N-ethyl adjacent to an activating group) is 1. The van der Waals surface area contributed by atoms with Gasteiger partial charge in [-0.2, -0.15) is 0 Å². The Morgan fingerprint density at radius 3 is 2.68 bits per heavy atom. The van der Waals surface area contributed by atoms with E-state index in [1.165, 1.54) is 11.3 Å². The summed E-state index contributed by atoms with van der Waals surface area (Å²) in [6.07, 6.45) is 0. The number of nitrogens with zero attached hydrogens (tertiary/aromatic N) is 2. The Balaban J connectivity index is 1.68. The predicted octanol–water partition coefficient (Wildman–Crippen LogP) is 3.65. The second-order valence-electron chi connectivity index (χ2n) is 4.98. The fourth-order valence-electron chi connectivity index (χ4n) is 2.14. The lowest BCUT2D eigenvalue weighted by atomic mass is 10.2. The van der Waals surface area contributed by atoms with Crippen molar-refractivity contribution in [1.29, 1.82) is 0 Å². The molecule has 0 aliphatic heterocycles. The number of anilines is 1. The average molecular weight is 312 g/mol. The monoisotopic (exact) mass is 312 g/mol. The summed E-state index contributed by atoms with van der Waals surface area (Å²) in [5.41, 5.74) is 2.89. The van der Waals surface area contributed by atoms with Gasteiger partial charge in [-0.05, 0) is 30.7 Å². The maximum Gasteiger partial charge on any atom is 0.274 e. The van der Waals surface area contributed by atoms with Crippen molar-refractivity contribution >= 4 is 33.1 Å². The highest BCUT2D eigenvalue weighted by molar-refractivity contribution is 7.20. The van der Waals surface area contributed by atoms with Crippen molar-refractivity contribution in [3.63, 3.8) is 0 Å². The lowest BCUT2D eigenvalue weighted by Crippen LogP contribution is -2.31. The molecule has 22 heavy (non-hydrogen) atoms. The molecule has 0 atom stereocenters. The van der Waals surface area contributed by atoms with Gasteiger partial charge in [0, 0.05) is 12.7 Å². The lowest BCUT2D eigenvalue weighted by Gasteiger charge is -2.16. The molecule has 0 unspecified atom stereocenters. The number of ether oxygens (including phenoxy) is 1. The van der Waals surface area contributed by atoms with Crippen LogP contribution in [0.1, 0.15) is 5.56 Å². The Bertz CT molecular complexity index is 799. The van der Waals surface area contributed by atoms with Gasteiger partial charge in [-0.1, -0.05) is 41.7 Å². The van der Waals surface area contributed by atoms with Gasteiger partial charge in [0.05, 0.1) is 10.2 Å². The number of carbonyl (C=O) groups excluding carboxylic acids is 1. The molecule has 0 fully saturated rings. The van der Waals surface area contributed by atoms with Gasteiger partial charge in [0.2, 0.25) is 0 Å². The van der Waals surface area contributed by atoms with E-state index in [0.717, 1.165) is 21.5 Å². The number of carbonyl (C=O) groups is 1. The van der Waals surface area contributed by atoms with Crippen LogP contribution in [0.3, 0.4) is 0 Å². The first-order chi connectivity index (χ1) is 10.6. The molecule has 3 rings (SSSR count). The van der Waals surface area contributed by atoms with Crippen LogP contribution in [0.2, 0.25) is 0 Å². The normalized spacial score (nSPS) is 10.6. The largest absolute Gasteiger partial charge is 0.460 e.